The topological polar surface area (TPSA) is 38.0 Å². The lowest BCUT2D eigenvalue weighted by Gasteiger charge is -2.38. The van der Waals surface area contributed by atoms with Gasteiger partial charge in [0.2, 0.25) is 0 Å². The van der Waals surface area contributed by atoms with E-state index >= 15 is 0 Å². The van der Waals surface area contributed by atoms with Crippen LogP contribution in [0.5, 0.6) is 0 Å². The van der Waals surface area contributed by atoms with E-state index in [0.29, 0.717) is 0 Å². The Labute approximate surface area is 111 Å². The molecule has 0 saturated heterocycles. The quantitative estimate of drug-likeness (QED) is 0.897. The summed E-state index contributed by atoms with van der Waals surface area (Å²) >= 11 is 3.52. The summed E-state index contributed by atoms with van der Waals surface area (Å²) < 4.78 is 1.12. The lowest BCUT2D eigenvalue weighted by molar-refractivity contribution is 0.306. The fourth-order valence-electron chi connectivity index (χ4n) is 3.75. The summed E-state index contributed by atoms with van der Waals surface area (Å²) in [5.74, 6) is 1.68. The van der Waals surface area contributed by atoms with E-state index < -0.39 is 0 Å². The lowest BCUT2D eigenvalue weighted by Crippen LogP contribution is -2.49. The van der Waals surface area contributed by atoms with Gasteiger partial charge in [0.15, 0.2) is 0 Å². The van der Waals surface area contributed by atoms with Crippen LogP contribution in [0.4, 0.5) is 5.69 Å². The summed E-state index contributed by atoms with van der Waals surface area (Å²) in [7, 11) is 0. The fraction of sp³-hybridized carbons (Fsp3) is 0.571. The van der Waals surface area contributed by atoms with E-state index in [0.717, 1.165) is 22.9 Å². The smallest absolute Gasteiger partial charge is 0.0526 e. The molecule has 0 amide bonds. The third-order valence-corrected chi connectivity index (χ3v) is 5.05. The molecule has 3 unspecified atom stereocenters. The molecule has 0 aromatic heterocycles. The van der Waals surface area contributed by atoms with Crippen molar-refractivity contribution >= 4 is 21.6 Å². The van der Waals surface area contributed by atoms with Gasteiger partial charge < -0.3 is 11.1 Å². The Bertz CT molecular complexity index is 420. The molecule has 2 fully saturated rings. The zero-order valence-electron chi connectivity index (χ0n) is 9.95. The molecule has 1 aromatic rings. The summed E-state index contributed by atoms with van der Waals surface area (Å²) in [6.45, 7) is 0.751. The maximum atomic E-state index is 6.07. The Kier molecular flexibility index (Phi) is 2.91. The van der Waals surface area contributed by atoms with E-state index in [1.165, 1.54) is 31.4 Å². The van der Waals surface area contributed by atoms with Gasteiger partial charge in [-0.2, -0.15) is 0 Å². The number of nitrogens with one attached hydrogen (secondary N) is 1. The largest absolute Gasteiger partial charge is 0.378 e. The molecule has 2 bridgehead atoms. The van der Waals surface area contributed by atoms with Gasteiger partial charge in [-0.05, 0) is 55.7 Å². The van der Waals surface area contributed by atoms with Crippen molar-refractivity contribution in [2.24, 2.45) is 17.6 Å². The van der Waals surface area contributed by atoms with Crippen molar-refractivity contribution in [1.82, 2.24) is 0 Å². The predicted octanol–water partition coefficient (Wildman–Crippen LogP) is 3.38. The first-order valence-corrected chi connectivity index (χ1v) is 7.25. The van der Waals surface area contributed by atoms with Gasteiger partial charge in [-0.3, -0.25) is 0 Å². The number of halogens is 1. The molecule has 17 heavy (non-hydrogen) atoms. The average Bonchev–Trinajstić information content (AvgIpc) is 2.89. The summed E-state index contributed by atoms with van der Waals surface area (Å²) in [4.78, 5) is 0. The molecule has 2 saturated carbocycles. The number of benzene rings is 1. The van der Waals surface area contributed by atoms with Crippen LogP contribution in [0.1, 0.15) is 25.7 Å². The van der Waals surface area contributed by atoms with E-state index in [2.05, 4.69) is 45.5 Å². The van der Waals surface area contributed by atoms with Crippen LogP contribution in [0, 0.1) is 11.8 Å². The molecular weight excluding hydrogens is 276 g/mol. The normalized spacial score (nSPS) is 35.2. The van der Waals surface area contributed by atoms with Crippen molar-refractivity contribution in [1.29, 1.82) is 0 Å². The Morgan fingerprint density at radius 2 is 2.29 bits per heavy atom. The van der Waals surface area contributed by atoms with Crippen LogP contribution in [0.2, 0.25) is 0 Å². The van der Waals surface area contributed by atoms with Gasteiger partial charge in [-0.25, -0.2) is 0 Å². The highest BCUT2D eigenvalue weighted by Gasteiger charge is 2.50. The van der Waals surface area contributed by atoms with Crippen molar-refractivity contribution in [3.8, 4) is 0 Å². The number of rotatable bonds is 3. The third-order valence-electron chi connectivity index (χ3n) is 4.56. The first-order chi connectivity index (χ1) is 8.22. The molecule has 2 aliphatic rings. The zero-order valence-corrected chi connectivity index (χ0v) is 11.5. The highest BCUT2D eigenvalue weighted by atomic mass is 79.9. The molecule has 3 heteroatoms. The Morgan fingerprint density at radius 1 is 1.41 bits per heavy atom. The SMILES string of the molecule is NCC1(Nc2cccc(Br)c2)CC2CCC1C2. The van der Waals surface area contributed by atoms with Crippen LogP contribution in [0.25, 0.3) is 0 Å². The van der Waals surface area contributed by atoms with Gasteiger partial charge in [0.25, 0.3) is 0 Å². The van der Waals surface area contributed by atoms with Gasteiger partial charge in [-0.1, -0.05) is 22.0 Å². The van der Waals surface area contributed by atoms with E-state index in [1.807, 2.05) is 0 Å². The minimum absolute atomic E-state index is 0.156. The van der Waals surface area contributed by atoms with Crippen LogP contribution >= 0.6 is 15.9 Å². The Balaban J connectivity index is 1.83. The van der Waals surface area contributed by atoms with Crippen molar-refractivity contribution in [3.05, 3.63) is 28.7 Å². The molecule has 3 N–H and O–H groups in total. The number of fused-ring (bicyclic) bond motifs is 2. The second kappa shape index (κ2) is 4.29. The monoisotopic (exact) mass is 294 g/mol. The minimum atomic E-state index is 0.156. The number of anilines is 1. The summed E-state index contributed by atoms with van der Waals surface area (Å²) in [5.41, 5.74) is 7.42. The highest BCUT2D eigenvalue weighted by molar-refractivity contribution is 9.10. The van der Waals surface area contributed by atoms with Gasteiger partial charge >= 0.3 is 0 Å². The number of hydrogen-bond donors (Lipinski definition) is 2. The summed E-state index contributed by atoms with van der Waals surface area (Å²) in [6.07, 6.45) is 5.38. The third kappa shape index (κ3) is 2.00. The van der Waals surface area contributed by atoms with Gasteiger partial charge in [0.05, 0.1) is 5.54 Å². The standard InChI is InChI=1S/C14H19BrN2/c15-12-2-1-3-13(7-12)17-14(9-16)8-10-4-5-11(14)6-10/h1-3,7,10-11,17H,4-6,8-9,16H2. The molecule has 3 atom stereocenters. The maximum Gasteiger partial charge on any atom is 0.0526 e. The first-order valence-electron chi connectivity index (χ1n) is 6.46. The van der Waals surface area contributed by atoms with Crippen molar-refractivity contribution in [2.75, 3.05) is 11.9 Å². The van der Waals surface area contributed by atoms with Gasteiger partial charge in [-0.15, -0.1) is 0 Å². The zero-order chi connectivity index (χ0) is 11.9. The molecule has 0 heterocycles. The van der Waals surface area contributed by atoms with Gasteiger partial charge in [0, 0.05) is 16.7 Å². The molecule has 92 valence electrons. The Hall–Kier alpha value is -0.540. The molecule has 0 spiro atoms. The van der Waals surface area contributed by atoms with Crippen LogP contribution in [-0.2, 0) is 0 Å². The fourth-order valence-corrected chi connectivity index (χ4v) is 4.15. The molecule has 3 rings (SSSR count). The molecule has 2 nitrogen and oxygen atoms in total. The first kappa shape index (κ1) is 11.5. The van der Waals surface area contributed by atoms with Gasteiger partial charge in [0.1, 0.15) is 0 Å². The molecule has 1 aromatic carbocycles. The predicted molar refractivity (Wildman–Crippen MR) is 75.0 cm³/mol. The van der Waals surface area contributed by atoms with Crippen LogP contribution in [0.15, 0.2) is 28.7 Å². The average molecular weight is 295 g/mol. The minimum Gasteiger partial charge on any atom is -0.378 e. The van der Waals surface area contributed by atoms with E-state index in [-0.39, 0.29) is 5.54 Å². The van der Waals surface area contributed by atoms with Crippen LogP contribution < -0.4 is 11.1 Å². The van der Waals surface area contributed by atoms with Crippen molar-refractivity contribution in [2.45, 2.75) is 31.2 Å². The number of nitrogens with two attached hydrogens (primary N) is 1. The summed E-state index contributed by atoms with van der Waals surface area (Å²) in [6, 6.07) is 8.41. The molecular formula is C14H19BrN2. The molecule has 0 radical (unpaired) electrons. The molecule has 0 aliphatic heterocycles. The van der Waals surface area contributed by atoms with Crippen molar-refractivity contribution in [3.63, 3.8) is 0 Å². The maximum absolute atomic E-state index is 6.07. The van der Waals surface area contributed by atoms with E-state index in [4.69, 9.17) is 5.73 Å². The second-order valence-corrected chi connectivity index (χ2v) is 6.49. The van der Waals surface area contributed by atoms with Crippen molar-refractivity contribution < 1.29 is 0 Å². The van der Waals surface area contributed by atoms with E-state index in [1.54, 1.807) is 0 Å². The second-order valence-electron chi connectivity index (χ2n) is 5.58. The summed E-state index contributed by atoms with van der Waals surface area (Å²) in [5, 5.41) is 3.72. The molecule has 2 aliphatic carbocycles. The highest BCUT2D eigenvalue weighted by Crippen LogP contribution is 2.51. The van der Waals surface area contributed by atoms with Crippen LogP contribution in [0.3, 0.4) is 0 Å². The lowest BCUT2D eigenvalue weighted by atomic mass is 9.80. The van der Waals surface area contributed by atoms with E-state index in [9.17, 15) is 0 Å². The number of hydrogen-bond acceptors (Lipinski definition) is 2. The Morgan fingerprint density at radius 3 is 2.88 bits per heavy atom. The van der Waals surface area contributed by atoms with Crippen LogP contribution in [-0.4, -0.2) is 12.1 Å².